The third-order valence-electron chi connectivity index (χ3n) is 5.23. The number of amides is 1. The van der Waals surface area contributed by atoms with E-state index in [0.29, 0.717) is 67.2 Å². The molecule has 2 aromatic heterocycles. The van der Waals surface area contributed by atoms with E-state index in [2.05, 4.69) is 15.3 Å². The first-order valence-corrected chi connectivity index (χ1v) is 11.5. The van der Waals surface area contributed by atoms with Crippen LogP contribution in [-0.4, -0.2) is 80.3 Å². The first-order chi connectivity index (χ1) is 15.4. The van der Waals surface area contributed by atoms with Crippen molar-refractivity contribution in [3.63, 3.8) is 0 Å². The molecule has 0 unspecified atom stereocenters. The highest BCUT2D eigenvalue weighted by atomic mass is 35.5. The third-order valence-corrected chi connectivity index (χ3v) is 7.12. The normalized spacial score (nSPS) is 14.7. The van der Waals surface area contributed by atoms with E-state index in [1.54, 1.807) is 31.4 Å². The lowest BCUT2D eigenvalue weighted by Crippen LogP contribution is -2.40. The van der Waals surface area contributed by atoms with Crippen molar-refractivity contribution in [2.24, 2.45) is 0 Å². The number of hydrogen-bond donors (Lipinski definition) is 3. The van der Waals surface area contributed by atoms with Gasteiger partial charge in [-0.25, -0.2) is 8.42 Å². The van der Waals surface area contributed by atoms with Gasteiger partial charge in [0.15, 0.2) is 5.88 Å². The lowest BCUT2D eigenvalue weighted by molar-refractivity contribution is 0.0730. The Morgan fingerprint density at radius 1 is 1.27 bits per heavy atom. The Morgan fingerprint density at radius 3 is 2.70 bits per heavy atom. The van der Waals surface area contributed by atoms with Crippen molar-refractivity contribution in [3.05, 3.63) is 42.1 Å². The van der Waals surface area contributed by atoms with Crippen LogP contribution in [0, 0.1) is 0 Å². The fraction of sp³-hybridized carbons (Fsp3) is 0.333. The molecule has 1 saturated heterocycles. The second-order valence-electron chi connectivity index (χ2n) is 7.25. The summed E-state index contributed by atoms with van der Waals surface area (Å²) in [6.07, 6.45) is 1.28. The Labute approximate surface area is 197 Å². The lowest BCUT2D eigenvalue weighted by atomic mass is 10.1. The van der Waals surface area contributed by atoms with Gasteiger partial charge >= 0.3 is 0 Å². The fourth-order valence-electron chi connectivity index (χ4n) is 3.56. The Balaban J connectivity index is 0.00000306. The van der Waals surface area contributed by atoms with Gasteiger partial charge in [-0.1, -0.05) is 0 Å². The number of aromatic hydroxyl groups is 1. The second kappa shape index (κ2) is 10.5. The van der Waals surface area contributed by atoms with Crippen LogP contribution in [0.15, 0.2) is 41.4 Å². The molecule has 0 atom stereocenters. The molecule has 0 saturated carbocycles. The zero-order chi connectivity index (χ0) is 22.7. The highest BCUT2D eigenvalue weighted by molar-refractivity contribution is 7.89. The molecule has 1 fully saturated rings. The van der Waals surface area contributed by atoms with Gasteiger partial charge in [-0.2, -0.15) is 4.31 Å². The van der Waals surface area contributed by atoms with E-state index >= 15 is 0 Å². The summed E-state index contributed by atoms with van der Waals surface area (Å²) in [7, 11) is -2.12. The molecule has 4 rings (SSSR count). The molecule has 0 bridgehead atoms. The number of rotatable bonds is 7. The molecule has 0 spiro atoms. The van der Waals surface area contributed by atoms with Gasteiger partial charge in [0.2, 0.25) is 10.0 Å². The number of nitrogens with zero attached hydrogens (tertiary/aromatic N) is 2. The number of halogens is 1. The van der Waals surface area contributed by atoms with E-state index in [0.717, 1.165) is 0 Å². The Morgan fingerprint density at radius 2 is 2.03 bits per heavy atom. The number of hydrogen-bond acceptors (Lipinski definition) is 7. The quantitative estimate of drug-likeness (QED) is 0.424. The largest absolute Gasteiger partial charge is 0.494 e. The minimum atomic E-state index is -3.67. The minimum absolute atomic E-state index is 0. The molecule has 3 N–H and O–H groups in total. The van der Waals surface area contributed by atoms with Crippen LogP contribution in [0.2, 0.25) is 0 Å². The van der Waals surface area contributed by atoms with Crippen LogP contribution in [0.5, 0.6) is 5.88 Å². The summed E-state index contributed by atoms with van der Waals surface area (Å²) in [6.45, 7) is 2.07. The van der Waals surface area contributed by atoms with Crippen LogP contribution in [0.3, 0.4) is 0 Å². The van der Waals surface area contributed by atoms with Crippen molar-refractivity contribution < 1.29 is 27.8 Å². The first-order valence-electron chi connectivity index (χ1n) is 10.1. The van der Waals surface area contributed by atoms with Crippen molar-refractivity contribution in [1.29, 1.82) is 0 Å². The highest BCUT2D eigenvalue weighted by Crippen LogP contribution is 2.36. The van der Waals surface area contributed by atoms with Crippen LogP contribution in [-0.2, 0) is 19.5 Å². The van der Waals surface area contributed by atoms with Gasteiger partial charge < -0.3 is 24.9 Å². The third kappa shape index (κ3) is 5.12. The SMILES string of the molecule is COCCNC(=O)c1ccc2[nH]c(O)c(-c3ccc(S(=O)(=O)N4CCOCC4)cn3)c2c1.Cl. The Bertz CT molecular complexity index is 1220. The average Bonchev–Trinajstić information content (AvgIpc) is 3.14. The van der Waals surface area contributed by atoms with E-state index in [1.165, 1.54) is 16.6 Å². The summed E-state index contributed by atoms with van der Waals surface area (Å²) in [5.41, 5.74) is 1.81. The van der Waals surface area contributed by atoms with Crippen molar-refractivity contribution in [2.75, 3.05) is 46.6 Å². The van der Waals surface area contributed by atoms with E-state index in [4.69, 9.17) is 9.47 Å². The zero-order valence-corrected chi connectivity index (χ0v) is 19.5. The maximum Gasteiger partial charge on any atom is 0.251 e. The topological polar surface area (TPSA) is 134 Å². The number of H-pyrrole nitrogens is 1. The number of benzene rings is 1. The number of sulfonamides is 1. The summed E-state index contributed by atoms with van der Waals surface area (Å²) < 4.78 is 37.1. The number of aromatic amines is 1. The molecule has 1 aliphatic heterocycles. The standard InChI is InChI=1S/C21H24N4O6S.ClH/c1-30-9-6-22-20(26)14-2-4-17-16(12-14)19(21(27)24-17)18-5-3-15(13-23-18)32(28,29)25-7-10-31-11-8-25;/h2-5,12-13,24,27H,6-11H2,1H3,(H,22,26);1H. The number of methoxy groups -OCH3 is 1. The zero-order valence-electron chi connectivity index (χ0n) is 17.9. The first kappa shape index (κ1) is 24.9. The van der Waals surface area contributed by atoms with Gasteiger partial charge in [-0.05, 0) is 30.3 Å². The molecule has 0 aliphatic carbocycles. The molecule has 3 aromatic rings. The Hall–Kier alpha value is -2.70. The smallest absolute Gasteiger partial charge is 0.251 e. The molecule has 12 heteroatoms. The fourth-order valence-corrected chi connectivity index (χ4v) is 4.92. The van der Waals surface area contributed by atoms with E-state index < -0.39 is 10.0 Å². The summed E-state index contributed by atoms with van der Waals surface area (Å²) in [4.78, 5) is 19.6. The van der Waals surface area contributed by atoms with E-state index in [9.17, 15) is 18.3 Å². The van der Waals surface area contributed by atoms with Gasteiger partial charge in [0.25, 0.3) is 5.91 Å². The molecule has 10 nitrogen and oxygen atoms in total. The summed E-state index contributed by atoms with van der Waals surface area (Å²) in [6, 6.07) is 8.01. The lowest BCUT2D eigenvalue weighted by Gasteiger charge is -2.25. The maximum absolute atomic E-state index is 12.8. The minimum Gasteiger partial charge on any atom is -0.494 e. The van der Waals surface area contributed by atoms with Crippen LogP contribution < -0.4 is 5.32 Å². The molecule has 178 valence electrons. The van der Waals surface area contributed by atoms with Gasteiger partial charge in [0, 0.05) is 49.4 Å². The van der Waals surface area contributed by atoms with Crippen LogP contribution in [0.25, 0.3) is 22.2 Å². The number of morpholine rings is 1. The predicted octanol–water partition coefficient (Wildman–Crippen LogP) is 1.75. The number of fused-ring (bicyclic) bond motifs is 1. The van der Waals surface area contributed by atoms with Gasteiger partial charge in [-0.15, -0.1) is 12.4 Å². The number of pyridine rings is 1. The van der Waals surface area contributed by atoms with E-state index in [1.807, 2.05) is 0 Å². The summed E-state index contributed by atoms with van der Waals surface area (Å²) in [5, 5.41) is 13.8. The van der Waals surface area contributed by atoms with Gasteiger partial charge in [-0.3, -0.25) is 9.78 Å². The molecular formula is C21H25ClN4O6S. The van der Waals surface area contributed by atoms with Gasteiger partial charge in [0.05, 0.1) is 31.1 Å². The van der Waals surface area contributed by atoms with Crippen LogP contribution in [0.1, 0.15) is 10.4 Å². The molecule has 1 aromatic carbocycles. The predicted molar refractivity (Wildman–Crippen MR) is 124 cm³/mol. The average molecular weight is 497 g/mol. The van der Waals surface area contributed by atoms with Crippen molar-refractivity contribution >= 4 is 39.2 Å². The second-order valence-corrected chi connectivity index (χ2v) is 9.19. The number of aromatic nitrogens is 2. The summed E-state index contributed by atoms with van der Waals surface area (Å²) >= 11 is 0. The Kier molecular flexibility index (Phi) is 7.92. The summed E-state index contributed by atoms with van der Waals surface area (Å²) in [5.74, 6) is -0.385. The monoisotopic (exact) mass is 496 g/mol. The molecule has 3 heterocycles. The van der Waals surface area contributed by atoms with Crippen molar-refractivity contribution in [3.8, 4) is 17.1 Å². The van der Waals surface area contributed by atoms with Crippen molar-refractivity contribution in [1.82, 2.24) is 19.6 Å². The van der Waals surface area contributed by atoms with Crippen LogP contribution in [0.4, 0.5) is 0 Å². The molecule has 0 radical (unpaired) electrons. The molecular weight excluding hydrogens is 472 g/mol. The molecule has 33 heavy (non-hydrogen) atoms. The van der Waals surface area contributed by atoms with Crippen LogP contribution >= 0.6 is 12.4 Å². The molecule has 1 amide bonds. The number of nitrogens with one attached hydrogen (secondary N) is 2. The van der Waals surface area contributed by atoms with E-state index in [-0.39, 0.29) is 29.1 Å². The highest BCUT2D eigenvalue weighted by Gasteiger charge is 2.27. The number of carbonyl (C=O) groups excluding carboxylic acids is 1. The van der Waals surface area contributed by atoms with Crippen molar-refractivity contribution in [2.45, 2.75) is 4.90 Å². The number of carbonyl (C=O) groups is 1. The number of ether oxygens (including phenoxy) is 2. The molecule has 1 aliphatic rings. The van der Waals surface area contributed by atoms with Gasteiger partial charge in [0.1, 0.15) is 4.90 Å². The maximum atomic E-state index is 12.8.